The van der Waals surface area contributed by atoms with Crippen LogP contribution in [-0.2, 0) is 9.59 Å². The molecule has 0 spiro atoms. The van der Waals surface area contributed by atoms with Crippen LogP contribution in [0.2, 0.25) is 0 Å². The number of carboxylic acids is 1. The van der Waals surface area contributed by atoms with Gasteiger partial charge < -0.3 is 15.2 Å². The van der Waals surface area contributed by atoms with Gasteiger partial charge in [-0.25, -0.2) is 0 Å². The monoisotopic (exact) mass is 398 g/mol. The summed E-state index contributed by atoms with van der Waals surface area (Å²) in [6, 6.07) is 13.2. The highest BCUT2D eigenvalue weighted by molar-refractivity contribution is 7.78. The van der Waals surface area contributed by atoms with Crippen molar-refractivity contribution in [2.45, 2.75) is 6.92 Å². The zero-order valence-electron chi connectivity index (χ0n) is 15.0. The van der Waals surface area contributed by atoms with Gasteiger partial charge in [-0.1, -0.05) is 6.92 Å². The number of ether oxygens (including phenoxy) is 1. The van der Waals surface area contributed by atoms with E-state index in [1.165, 1.54) is 0 Å². The minimum atomic E-state index is -1.11. The van der Waals surface area contributed by atoms with E-state index in [9.17, 15) is 14.4 Å². The van der Waals surface area contributed by atoms with Crippen LogP contribution >= 0.6 is 12.2 Å². The number of hydrogen-bond acceptors (Lipinski definition) is 6. The zero-order valence-corrected chi connectivity index (χ0v) is 15.9. The molecule has 0 bridgehead atoms. The smallest absolute Gasteiger partial charge is 0.322 e. The van der Waals surface area contributed by atoms with E-state index in [4.69, 9.17) is 9.84 Å². The van der Waals surface area contributed by atoms with Crippen LogP contribution in [0.15, 0.2) is 53.5 Å². The van der Waals surface area contributed by atoms with E-state index in [2.05, 4.69) is 27.7 Å². The molecule has 0 heterocycles. The lowest BCUT2D eigenvalue weighted by Gasteiger charge is -2.13. The number of aliphatic carboxylic acids is 1. The van der Waals surface area contributed by atoms with Crippen molar-refractivity contribution < 1.29 is 24.2 Å². The molecule has 1 unspecified atom stereocenters. The van der Waals surface area contributed by atoms with Crippen LogP contribution in [0.5, 0.6) is 5.75 Å². The largest absolute Gasteiger partial charge is 0.493 e. The molecule has 0 aliphatic heterocycles. The van der Waals surface area contributed by atoms with Gasteiger partial charge in [-0.15, -0.1) is 0 Å². The summed E-state index contributed by atoms with van der Waals surface area (Å²) in [5.74, 6) is -1.68. The summed E-state index contributed by atoms with van der Waals surface area (Å²) in [5.41, 5.74) is 1.63. The Morgan fingerprint density at radius 1 is 1.11 bits per heavy atom. The van der Waals surface area contributed by atoms with Gasteiger partial charge in [0, 0.05) is 11.1 Å². The Hall–Kier alpha value is -3.35. The van der Waals surface area contributed by atoms with Crippen molar-refractivity contribution in [3.63, 3.8) is 0 Å². The number of carboxylic acid groups (broad SMARTS) is 1. The summed E-state index contributed by atoms with van der Waals surface area (Å²) in [4.78, 5) is 38.5. The number of carbonyl (C=O) groups is 3. The van der Waals surface area contributed by atoms with Crippen LogP contribution in [-0.4, -0.2) is 41.1 Å². The number of rotatable bonds is 9. The summed E-state index contributed by atoms with van der Waals surface area (Å²) in [5, 5.41) is 13.1. The summed E-state index contributed by atoms with van der Waals surface area (Å²) in [6.45, 7) is 1.28. The minimum absolute atomic E-state index is 0.0839. The number of thiocarbonyl (C=S) groups is 1. The van der Waals surface area contributed by atoms with E-state index in [-0.39, 0.29) is 12.4 Å². The van der Waals surface area contributed by atoms with Crippen molar-refractivity contribution in [3.8, 4) is 5.75 Å². The first-order valence-electron chi connectivity index (χ1n) is 8.35. The molecule has 7 nitrogen and oxygen atoms in total. The lowest BCUT2D eigenvalue weighted by molar-refractivity contribution is -0.138. The van der Waals surface area contributed by atoms with Crippen molar-refractivity contribution in [2.24, 2.45) is 10.9 Å². The number of benzene rings is 2. The number of ketones is 1. The minimum Gasteiger partial charge on any atom is -0.493 e. The molecule has 2 aromatic carbocycles. The molecule has 144 valence electrons. The van der Waals surface area contributed by atoms with Crippen LogP contribution in [0, 0.1) is 5.92 Å². The maximum Gasteiger partial charge on any atom is 0.322 e. The highest BCUT2D eigenvalue weighted by atomic mass is 32.1. The van der Waals surface area contributed by atoms with Crippen molar-refractivity contribution in [2.75, 3.05) is 13.2 Å². The van der Waals surface area contributed by atoms with E-state index in [1.807, 2.05) is 0 Å². The van der Waals surface area contributed by atoms with Gasteiger partial charge in [-0.3, -0.25) is 14.4 Å². The number of amides is 1. The van der Waals surface area contributed by atoms with Crippen molar-refractivity contribution in [3.05, 3.63) is 59.7 Å². The standard InChI is InChI=1S/C20H18N2O5S/c1-13(20(26)21-10-18(23)24)11-27-17-8-4-15(5-9-17)19(25)14-2-6-16(7-3-14)22-12-28/h2-9,13H,10-11H2,1H3,(H,21,26)(H,23,24). The van der Waals surface area contributed by atoms with E-state index >= 15 is 0 Å². The SMILES string of the molecule is CC(COc1ccc(C(=O)c2ccc(N=C=S)cc2)cc1)C(=O)NCC(=O)O. The second-order valence-electron chi connectivity index (χ2n) is 5.93. The van der Waals surface area contributed by atoms with Crippen LogP contribution in [0.25, 0.3) is 0 Å². The lowest BCUT2D eigenvalue weighted by Crippen LogP contribution is -2.35. The molecule has 0 aromatic heterocycles. The Kier molecular flexibility index (Phi) is 7.56. The molecule has 0 fully saturated rings. The van der Waals surface area contributed by atoms with Gasteiger partial charge in [0.25, 0.3) is 0 Å². The first-order valence-corrected chi connectivity index (χ1v) is 8.76. The summed E-state index contributed by atoms with van der Waals surface area (Å²) in [7, 11) is 0. The van der Waals surface area contributed by atoms with E-state index < -0.39 is 24.3 Å². The van der Waals surface area contributed by atoms with Gasteiger partial charge in [-0.05, 0) is 60.7 Å². The van der Waals surface area contributed by atoms with Crippen molar-refractivity contribution in [1.29, 1.82) is 0 Å². The van der Waals surface area contributed by atoms with Crippen LogP contribution in [0.4, 0.5) is 5.69 Å². The van der Waals surface area contributed by atoms with E-state index in [0.29, 0.717) is 22.6 Å². The van der Waals surface area contributed by atoms with Gasteiger partial charge >= 0.3 is 5.97 Å². The molecule has 0 saturated carbocycles. The van der Waals surface area contributed by atoms with Gasteiger partial charge in [0.1, 0.15) is 12.3 Å². The molecule has 0 aliphatic rings. The third-order valence-electron chi connectivity index (χ3n) is 3.78. The van der Waals surface area contributed by atoms with E-state index in [0.717, 1.165) is 0 Å². The predicted molar refractivity (Wildman–Crippen MR) is 106 cm³/mol. The quantitative estimate of drug-likeness (QED) is 0.382. The van der Waals surface area contributed by atoms with E-state index in [1.54, 1.807) is 55.5 Å². The molecule has 8 heteroatoms. The number of hydrogen-bond donors (Lipinski definition) is 2. The molecular weight excluding hydrogens is 380 g/mol. The Morgan fingerprint density at radius 3 is 2.21 bits per heavy atom. The number of isothiocyanates is 1. The molecule has 2 N–H and O–H groups in total. The maximum atomic E-state index is 12.5. The average Bonchev–Trinajstić information content (AvgIpc) is 2.71. The predicted octanol–water partition coefficient (Wildman–Crippen LogP) is 2.87. The maximum absolute atomic E-state index is 12.5. The number of nitrogens with zero attached hydrogens (tertiary/aromatic N) is 1. The van der Waals surface area contributed by atoms with Crippen LogP contribution in [0.3, 0.4) is 0 Å². The first-order chi connectivity index (χ1) is 13.4. The Balaban J connectivity index is 1.93. The lowest BCUT2D eigenvalue weighted by atomic mass is 10.0. The summed E-state index contributed by atoms with van der Waals surface area (Å²) >= 11 is 4.54. The molecule has 1 atom stereocenters. The molecule has 0 saturated heterocycles. The Labute approximate surface area is 167 Å². The molecule has 2 rings (SSSR count). The Bertz CT molecular complexity index is 903. The molecular formula is C20H18N2O5S. The summed E-state index contributed by atoms with van der Waals surface area (Å²) < 4.78 is 5.53. The van der Waals surface area contributed by atoms with Gasteiger partial charge in [-0.2, -0.15) is 4.99 Å². The van der Waals surface area contributed by atoms with Crippen molar-refractivity contribution >= 4 is 40.7 Å². The number of aliphatic imine (C=N–C) groups is 1. The highest BCUT2D eigenvalue weighted by Crippen LogP contribution is 2.18. The van der Waals surface area contributed by atoms with Gasteiger partial charge in [0.15, 0.2) is 5.78 Å². The second kappa shape index (κ2) is 10.1. The normalized spacial score (nSPS) is 11.0. The third-order valence-corrected chi connectivity index (χ3v) is 3.87. The first kappa shape index (κ1) is 21.0. The molecule has 1 amide bonds. The van der Waals surface area contributed by atoms with Gasteiger partial charge in [0.05, 0.1) is 23.4 Å². The molecule has 0 aliphatic carbocycles. The topological polar surface area (TPSA) is 105 Å². The fourth-order valence-electron chi connectivity index (χ4n) is 2.24. The third kappa shape index (κ3) is 6.12. The number of nitrogens with one attached hydrogen (secondary N) is 1. The molecule has 0 radical (unpaired) electrons. The van der Waals surface area contributed by atoms with Crippen molar-refractivity contribution in [1.82, 2.24) is 5.32 Å². The molecule has 28 heavy (non-hydrogen) atoms. The van der Waals surface area contributed by atoms with Gasteiger partial charge in [0.2, 0.25) is 5.91 Å². The fraction of sp³-hybridized carbons (Fsp3) is 0.200. The summed E-state index contributed by atoms with van der Waals surface area (Å²) in [6.07, 6.45) is 0. The second-order valence-corrected chi connectivity index (χ2v) is 6.11. The van der Waals surface area contributed by atoms with Crippen LogP contribution < -0.4 is 10.1 Å². The van der Waals surface area contributed by atoms with Crippen LogP contribution in [0.1, 0.15) is 22.8 Å². The molecule has 2 aromatic rings. The zero-order chi connectivity index (χ0) is 20.5. The average molecular weight is 398 g/mol. The Morgan fingerprint density at radius 2 is 1.68 bits per heavy atom. The fourth-order valence-corrected chi connectivity index (χ4v) is 2.35. The number of carbonyl (C=O) groups excluding carboxylic acids is 2. The highest BCUT2D eigenvalue weighted by Gasteiger charge is 2.15.